The van der Waals surface area contributed by atoms with Crippen LogP contribution in [0.4, 0.5) is 0 Å². The summed E-state index contributed by atoms with van der Waals surface area (Å²) >= 11 is 3.57. The molecule has 0 spiro atoms. The van der Waals surface area contributed by atoms with Crippen molar-refractivity contribution in [2.45, 2.75) is 0 Å². The summed E-state index contributed by atoms with van der Waals surface area (Å²) in [6.07, 6.45) is 0. The number of nitrogens with zero attached hydrogens (tertiary/aromatic N) is 4. The van der Waals surface area contributed by atoms with Crippen molar-refractivity contribution >= 4 is 85.8 Å². The molecule has 0 aliphatic heterocycles. The second kappa shape index (κ2) is 11.2. The fourth-order valence-corrected chi connectivity index (χ4v) is 9.87. The van der Waals surface area contributed by atoms with E-state index in [9.17, 15) is 0 Å². The SMILES string of the molecule is c1ccc(-c2nc3ccc4c(c5ccccc5n4-c4ccc(-c5nc(-c6cccc7c6sc6ccccc67)nc6ccccc56)cc4)c3s2)cc1. The van der Waals surface area contributed by atoms with Crippen LogP contribution >= 0.6 is 22.7 Å². The summed E-state index contributed by atoms with van der Waals surface area (Å²) in [5, 5.41) is 7.07. The van der Waals surface area contributed by atoms with Crippen LogP contribution < -0.4 is 0 Å². The van der Waals surface area contributed by atoms with E-state index in [2.05, 4.69) is 156 Å². The van der Waals surface area contributed by atoms with Crippen LogP contribution in [-0.2, 0) is 0 Å². The number of fused-ring (bicyclic) bond motifs is 9. The smallest absolute Gasteiger partial charge is 0.161 e. The van der Waals surface area contributed by atoms with E-state index < -0.39 is 0 Å². The summed E-state index contributed by atoms with van der Waals surface area (Å²) < 4.78 is 6.08. The van der Waals surface area contributed by atoms with E-state index in [0.29, 0.717) is 0 Å². The van der Waals surface area contributed by atoms with E-state index >= 15 is 0 Å². The van der Waals surface area contributed by atoms with Crippen molar-refractivity contribution in [3.05, 3.63) is 158 Å². The Bertz CT molecular complexity index is 3140. The molecule has 6 heteroatoms. The van der Waals surface area contributed by atoms with E-state index in [1.807, 2.05) is 17.4 Å². The van der Waals surface area contributed by atoms with Gasteiger partial charge >= 0.3 is 0 Å². The van der Waals surface area contributed by atoms with Gasteiger partial charge in [-0.3, -0.25) is 0 Å². The lowest BCUT2D eigenvalue weighted by Crippen LogP contribution is -1.97. The van der Waals surface area contributed by atoms with Gasteiger partial charge in [0.25, 0.3) is 0 Å². The highest BCUT2D eigenvalue weighted by molar-refractivity contribution is 7.26. The first kappa shape index (κ1) is 28.6. The van der Waals surface area contributed by atoms with E-state index in [-0.39, 0.29) is 0 Å². The third-order valence-corrected chi connectivity index (χ3v) is 12.2. The summed E-state index contributed by atoms with van der Waals surface area (Å²) in [6, 6.07) is 55.8. The van der Waals surface area contributed by atoms with Gasteiger partial charge in [0.1, 0.15) is 5.01 Å². The molecule has 0 amide bonds. The van der Waals surface area contributed by atoms with Gasteiger partial charge < -0.3 is 4.57 Å². The predicted octanol–water partition coefficient (Wildman–Crippen LogP) is 12.7. The molecular formula is C45H26N4S2. The monoisotopic (exact) mass is 686 g/mol. The van der Waals surface area contributed by atoms with Crippen LogP contribution in [0.15, 0.2) is 158 Å². The largest absolute Gasteiger partial charge is 0.309 e. The Morgan fingerprint density at radius 3 is 2.06 bits per heavy atom. The minimum absolute atomic E-state index is 0.746. The number of aromatic nitrogens is 4. The molecule has 0 saturated heterocycles. The van der Waals surface area contributed by atoms with Gasteiger partial charge in [-0.15, -0.1) is 22.7 Å². The van der Waals surface area contributed by atoms with Crippen molar-refractivity contribution in [3.63, 3.8) is 0 Å². The zero-order valence-electron chi connectivity index (χ0n) is 27.1. The highest BCUT2D eigenvalue weighted by Crippen LogP contribution is 2.42. The normalized spacial score (nSPS) is 11.9. The number of hydrogen-bond acceptors (Lipinski definition) is 5. The minimum atomic E-state index is 0.746. The van der Waals surface area contributed by atoms with Crippen molar-refractivity contribution in [3.8, 4) is 38.9 Å². The molecule has 0 fully saturated rings. The van der Waals surface area contributed by atoms with Crippen molar-refractivity contribution in [1.29, 1.82) is 0 Å². The van der Waals surface area contributed by atoms with Crippen molar-refractivity contribution < 1.29 is 0 Å². The van der Waals surface area contributed by atoms with Gasteiger partial charge in [0, 0.05) is 58.7 Å². The zero-order chi connectivity index (χ0) is 33.5. The Hall–Kier alpha value is -6.21. The molecule has 0 saturated carbocycles. The Balaban J connectivity index is 1.07. The van der Waals surface area contributed by atoms with Crippen molar-refractivity contribution in [2.24, 2.45) is 0 Å². The summed E-state index contributed by atoms with van der Waals surface area (Å²) in [4.78, 5) is 15.5. The first-order valence-electron chi connectivity index (χ1n) is 16.9. The average molecular weight is 687 g/mol. The second-order valence-electron chi connectivity index (χ2n) is 12.8. The fraction of sp³-hybridized carbons (Fsp3) is 0. The summed E-state index contributed by atoms with van der Waals surface area (Å²) in [5.74, 6) is 0.746. The van der Waals surface area contributed by atoms with Crippen LogP contribution in [0.2, 0.25) is 0 Å². The van der Waals surface area contributed by atoms with Gasteiger partial charge in [0.15, 0.2) is 5.82 Å². The number of benzene rings is 7. The number of thiazole rings is 1. The van der Waals surface area contributed by atoms with E-state index in [1.54, 1.807) is 11.3 Å². The summed E-state index contributed by atoms with van der Waals surface area (Å²) in [6.45, 7) is 0. The quantitative estimate of drug-likeness (QED) is 0.185. The second-order valence-corrected chi connectivity index (χ2v) is 14.8. The molecule has 7 aromatic carbocycles. The molecule has 0 aliphatic carbocycles. The number of hydrogen-bond donors (Lipinski definition) is 0. The van der Waals surface area contributed by atoms with E-state index in [1.165, 1.54) is 46.7 Å². The molecule has 0 bridgehead atoms. The molecule has 11 rings (SSSR count). The van der Waals surface area contributed by atoms with Crippen molar-refractivity contribution in [2.75, 3.05) is 0 Å². The molecule has 0 aliphatic rings. The van der Waals surface area contributed by atoms with Gasteiger partial charge in [0.2, 0.25) is 0 Å². The molecule has 0 N–H and O–H groups in total. The maximum atomic E-state index is 5.30. The van der Waals surface area contributed by atoms with Gasteiger partial charge in [-0.2, -0.15) is 0 Å². The molecule has 11 aromatic rings. The molecule has 0 atom stereocenters. The predicted molar refractivity (Wildman–Crippen MR) is 216 cm³/mol. The molecule has 238 valence electrons. The van der Waals surface area contributed by atoms with Gasteiger partial charge in [0.05, 0.1) is 32.5 Å². The molecule has 0 unspecified atom stereocenters. The Kier molecular flexibility index (Phi) is 6.26. The lowest BCUT2D eigenvalue weighted by molar-refractivity contribution is 1.18. The molecule has 4 aromatic heterocycles. The molecule has 4 heterocycles. The van der Waals surface area contributed by atoms with Crippen LogP contribution in [0.3, 0.4) is 0 Å². The molecule has 51 heavy (non-hydrogen) atoms. The van der Waals surface area contributed by atoms with E-state index in [0.717, 1.165) is 55.3 Å². The van der Waals surface area contributed by atoms with Gasteiger partial charge in [-0.05, 0) is 48.5 Å². The lowest BCUT2D eigenvalue weighted by atomic mass is 10.0. The number of thiophene rings is 1. The third-order valence-electron chi connectivity index (χ3n) is 9.86. The minimum Gasteiger partial charge on any atom is -0.309 e. The molecule has 4 nitrogen and oxygen atoms in total. The van der Waals surface area contributed by atoms with Crippen LogP contribution in [0.25, 0.3) is 102 Å². The molecular weight excluding hydrogens is 661 g/mol. The van der Waals surface area contributed by atoms with Crippen LogP contribution in [0.5, 0.6) is 0 Å². The standard InChI is InChI=1S/C45H26N4S2/c1-2-11-28(12-3-1)45-47-36-25-26-38-40(43(36)51-45)33-15-5-8-19-37(33)49(38)29-23-21-27(22-24-29)41-32-14-4-7-18-35(32)46-44(48-41)34-17-10-16-31-30-13-6-9-20-39(30)50-42(31)34/h1-26H. The van der Waals surface area contributed by atoms with Crippen LogP contribution in [0, 0.1) is 0 Å². The Morgan fingerprint density at radius 1 is 0.431 bits per heavy atom. The summed E-state index contributed by atoms with van der Waals surface area (Å²) in [5.41, 5.74) is 9.61. The van der Waals surface area contributed by atoms with Crippen molar-refractivity contribution in [1.82, 2.24) is 19.5 Å². The number of para-hydroxylation sites is 2. The Morgan fingerprint density at radius 2 is 1.18 bits per heavy atom. The third kappa shape index (κ3) is 4.40. The maximum Gasteiger partial charge on any atom is 0.161 e. The lowest BCUT2D eigenvalue weighted by Gasteiger charge is -2.12. The highest BCUT2D eigenvalue weighted by atomic mass is 32.1. The van der Waals surface area contributed by atoms with Gasteiger partial charge in [-0.25, -0.2) is 15.0 Å². The number of rotatable bonds is 4. The molecule has 0 radical (unpaired) electrons. The summed E-state index contributed by atoms with van der Waals surface area (Å²) in [7, 11) is 0. The average Bonchev–Trinajstić information content (AvgIpc) is 3.90. The van der Waals surface area contributed by atoms with Crippen LogP contribution in [-0.4, -0.2) is 19.5 Å². The van der Waals surface area contributed by atoms with Crippen LogP contribution in [0.1, 0.15) is 0 Å². The topological polar surface area (TPSA) is 43.6 Å². The first-order chi connectivity index (χ1) is 25.3. The Labute approximate surface area is 300 Å². The first-order valence-corrected chi connectivity index (χ1v) is 18.6. The highest BCUT2D eigenvalue weighted by Gasteiger charge is 2.19. The maximum absolute atomic E-state index is 5.30. The van der Waals surface area contributed by atoms with Gasteiger partial charge in [-0.1, -0.05) is 109 Å². The zero-order valence-corrected chi connectivity index (χ0v) is 28.7. The fourth-order valence-electron chi connectivity index (χ4n) is 7.53. The van der Waals surface area contributed by atoms with E-state index in [4.69, 9.17) is 15.0 Å².